The van der Waals surface area contributed by atoms with Crippen LogP contribution in [0.25, 0.3) is 21.8 Å². The predicted molar refractivity (Wildman–Crippen MR) is 104 cm³/mol. The summed E-state index contributed by atoms with van der Waals surface area (Å²) in [6, 6.07) is 19.7. The van der Waals surface area contributed by atoms with Gasteiger partial charge in [0, 0.05) is 17.4 Å². The van der Waals surface area contributed by atoms with Gasteiger partial charge in [-0.3, -0.25) is 4.79 Å². The molecule has 0 aliphatic carbocycles. The van der Waals surface area contributed by atoms with Crippen molar-refractivity contribution in [2.45, 2.75) is 18.8 Å². The van der Waals surface area contributed by atoms with Crippen molar-refractivity contribution in [2.24, 2.45) is 0 Å². The van der Waals surface area contributed by atoms with Crippen LogP contribution in [-0.4, -0.2) is 21.0 Å². The molecule has 4 aromatic rings. The summed E-state index contributed by atoms with van der Waals surface area (Å²) < 4.78 is 0. The summed E-state index contributed by atoms with van der Waals surface area (Å²) in [5.41, 5.74) is 2.70. The molecule has 0 bridgehead atoms. The number of carboxylic acid groups (broad SMARTS) is 1. The third-order valence-corrected chi connectivity index (χ3v) is 4.83. The molecule has 5 heteroatoms. The highest BCUT2D eigenvalue weighted by atomic mass is 35.5. The van der Waals surface area contributed by atoms with E-state index in [9.17, 15) is 9.90 Å². The first-order chi connectivity index (χ1) is 12.6. The van der Waals surface area contributed by atoms with Gasteiger partial charge < -0.3 is 10.1 Å². The lowest BCUT2D eigenvalue weighted by Crippen LogP contribution is -2.10. The zero-order valence-electron chi connectivity index (χ0n) is 13.9. The predicted octanol–water partition coefficient (Wildman–Crippen LogP) is 5.17. The molecule has 0 aliphatic rings. The smallest absolute Gasteiger partial charge is 0.303 e. The van der Waals surface area contributed by atoms with Crippen LogP contribution in [0.5, 0.6) is 0 Å². The molecule has 26 heavy (non-hydrogen) atoms. The van der Waals surface area contributed by atoms with E-state index in [0.717, 1.165) is 33.2 Å². The molecule has 0 aliphatic heterocycles. The molecule has 4 nitrogen and oxygen atoms in total. The van der Waals surface area contributed by atoms with Gasteiger partial charge >= 0.3 is 5.97 Å². The van der Waals surface area contributed by atoms with Gasteiger partial charge in [0.1, 0.15) is 5.82 Å². The van der Waals surface area contributed by atoms with Gasteiger partial charge in [-0.25, -0.2) is 4.98 Å². The SMILES string of the molecule is O=C(O)CC(Cc1nc2cc(Cl)ccc2[nH]1)c1ccc2ccccc2c1. The van der Waals surface area contributed by atoms with Gasteiger partial charge in [0.2, 0.25) is 0 Å². The van der Waals surface area contributed by atoms with Gasteiger partial charge in [-0.1, -0.05) is 54.1 Å². The van der Waals surface area contributed by atoms with E-state index >= 15 is 0 Å². The third kappa shape index (κ3) is 3.41. The largest absolute Gasteiger partial charge is 0.481 e. The molecule has 4 rings (SSSR count). The molecule has 0 saturated heterocycles. The van der Waals surface area contributed by atoms with E-state index in [2.05, 4.69) is 16.0 Å². The van der Waals surface area contributed by atoms with Crippen molar-refractivity contribution in [1.82, 2.24) is 9.97 Å². The maximum absolute atomic E-state index is 11.4. The Labute approximate surface area is 155 Å². The Morgan fingerprint density at radius 1 is 1.08 bits per heavy atom. The number of rotatable bonds is 5. The van der Waals surface area contributed by atoms with E-state index in [0.29, 0.717) is 11.4 Å². The van der Waals surface area contributed by atoms with Crippen molar-refractivity contribution in [3.8, 4) is 0 Å². The Hall–Kier alpha value is -2.85. The van der Waals surface area contributed by atoms with Gasteiger partial charge in [-0.2, -0.15) is 0 Å². The molecule has 0 fully saturated rings. The fraction of sp³-hybridized carbons (Fsp3) is 0.143. The van der Waals surface area contributed by atoms with E-state index in [1.54, 1.807) is 6.07 Å². The number of carboxylic acids is 1. The first kappa shape index (κ1) is 16.6. The van der Waals surface area contributed by atoms with Crippen LogP contribution in [0.15, 0.2) is 60.7 Å². The van der Waals surface area contributed by atoms with Gasteiger partial charge in [0.05, 0.1) is 17.5 Å². The number of aromatic nitrogens is 2. The highest BCUT2D eigenvalue weighted by Gasteiger charge is 2.19. The number of benzene rings is 3. The van der Waals surface area contributed by atoms with Crippen LogP contribution in [0.2, 0.25) is 5.02 Å². The van der Waals surface area contributed by atoms with E-state index in [1.807, 2.05) is 48.5 Å². The van der Waals surface area contributed by atoms with Crippen molar-refractivity contribution >= 4 is 39.4 Å². The second-order valence-corrected chi connectivity index (χ2v) is 6.89. The number of aliphatic carboxylic acids is 1. The molecule has 0 amide bonds. The van der Waals surface area contributed by atoms with Crippen LogP contribution in [0, 0.1) is 0 Å². The minimum Gasteiger partial charge on any atom is -0.481 e. The number of nitrogens with one attached hydrogen (secondary N) is 1. The van der Waals surface area contributed by atoms with Gasteiger partial charge in [-0.15, -0.1) is 0 Å². The fourth-order valence-electron chi connectivity index (χ4n) is 3.34. The molecule has 130 valence electrons. The molecule has 0 radical (unpaired) electrons. The van der Waals surface area contributed by atoms with E-state index in [1.165, 1.54) is 0 Å². The maximum atomic E-state index is 11.4. The number of nitrogens with zero attached hydrogens (tertiary/aromatic N) is 1. The standard InChI is InChI=1S/C21H17ClN2O2/c22-17-7-8-18-19(12-17)24-20(23-18)10-16(11-21(25)26)15-6-5-13-3-1-2-4-14(13)9-15/h1-9,12,16H,10-11H2,(H,23,24)(H,25,26). The number of hydrogen-bond donors (Lipinski definition) is 2. The zero-order chi connectivity index (χ0) is 18.1. The minimum atomic E-state index is -0.817. The van der Waals surface area contributed by atoms with Crippen LogP contribution < -0.4 is 0 Å². The lowest BCUT2D eigenvalue weighted by Gasteiger charge is -2.15. The van der Waals surface area contributed by atoms with Crippen molar-refractivity contribution in [3.63, 3.8) is 0 Å². The topological polar surface area (TPSA) is 66.0 Å². The number of imidazole rings is 1. The Morgan fingerprint density at radius 3 is 2.69 bits per heavy atom. The highest BCUT2D eigenvalue weighted by Crippen LogP contribution is 2.28. The van der Waals surface area contributed by atoms with E-state index in [4.69, 9.17) is 11.6 Å². The van der Waals surface area contributed by atoms with Crippen LogP contribution in [0.1, 0.15) is 23.7 Å². The van der Waals surface area contributed by atoms with Crippen LogP contribution in [0.3, 0.4) is 0 Å². The number of hydrogen-bond acceptors (Lipinski definition) is 2. The molecule has 3 aromatic carbocycles. The van der Waals surface area contributed by atoms with Gasteiger partial charge in [-0.05, 0) is 34.5 Å². The Morgan fingerprint density at radius 2 is 1.88 bits per heavy atom. The molecule has 0 saturated carbocycles. The fourth-order valence-corrected chi connectivity index (χ4v) is 3.51. The molecule has 1 unspecified atom stereocenters. The second-order valence-electron chi connectivity index (χ2n) is 6.45. The third-order valence-electron chi connectivity index (χ3n) is 4.60. The summed E-state index contributed by atoms with van der Waals surface area (Å²) in [5.74, 6) is -0.211. The van der Waals surface area contributed by atoms with Crippen LogP contribution in [-0.2, 0) is 11.2 Å². The first-order valence-electron chi connectivity index (χ1n) is 8.43. The molecule has 1 atom stereocenters. The molecule has 1 heterocycles. The summed E-state index contributed by atoms with van der Waals surface area (Å²) in [5, 5.41) is 12.2. The number of H-pyrrole nitrogens is 1. The number of carbonyl (C=O) groups is 1. The summed E-state index contributed by atoms with van der Waals surface area (Å²) in [6.45, 7) is 0. The van der Waals surface area contributed by atoms with Gasteiger partial charge in [0.25, 0.3) is 0 Å². The summed E-state index contributed by atoms with van der Waals surface area (Å²) in [6.07, 6.45) is 0.576. The minimum absolute atomic E-state index is 0.0517. The number of fused-ring (bicyclic) bond motifs is 2. The Kier molecular flexibility index (Phi) is 4.35. The summed E-state index contributed by atoms with van der Waals surface area (Å²) >= 11 is 6.02. The molecular formula is C21H17ClN2O2. The van der Waals surface area contributed by atoms with Crippen molar-refractivity contribution in [3.05, 3.63) is 77.1 Å². The second kappa shape index (κ2) is 6.81. The summed E-state index contributed by atoms with van der Waals surface area (Å²) in [7, 11) is 0. The monoisotopic (exact) mass is 364 g/mol. The van der Waals surface area contributed by atoms with E-state index < -0.39 is 5.97 Å². The average molecular weight is 365 g/mol. The van der Waals surface area contributed by atoms with Crippen molar-refractivity contribution in [1.29, 1.82) is 0 Å². The number of halogens is 1. The molecular weight excluding hydrogens is 348 g/mol. The molecule has 0 spiro atoms. The lowest BCUT2D eigenvalue weighted by molar-refractivity contribution is -0.137. The lowest BCUT2D eigenvalue weighted by atomic mass is 9.90. The Balaban J connectivity index is 1.69. The first-order valence-corrected chi connectivity index (χ1v) is 8.81. The van der Waals surface area contributed by atoms with Crippen LogP contribution in [0.4, 0.5) is 0 Å². The summed E-state index contributed by atoms with van der Waals surface area (Å²) in [4.78, 5) is 19.3. The quantitative estimate of drug-likeness (QED) is 0.513. The van der Waals surface area contributed by atoms with Crippen LogP contribution >= 0.6 is 11.6 Å². The normalized spacial score (nSPS) is 12.5. The van der Waals surface area contributed by atoms with E-state index in [-0.39, 0.29) is 12.3 Å². The number of aromatic amines is 1. The molecule has 1 aromatic heterocycles. The van der Waals surface area contributed by atoms with Crippen molar-refractivity contribution < 1.29 is 9.90 Å². The highest BCUT2D eigenvalue weighted by molar-refractivity contribution is 6.31. The zero-order valence-corrected chi connectivity index (χ0v) is 14.7. The maximum Gasteiger partial charge on any atom is 0.303 e. The average Bonchev–Trinajstić information content (AvgIpc) is 3.01. The Bertz CT molecular complexity index is 1100. The van der Waals surface area contributed by atoms with Gasteiger partial charge in [0.15, 0.2) is 0 Å². The molecule has 2 N–H and O–H groups in total. The van der Waals surface area contributed by atoms with Crippen molar-refractivity contribution in [2.75, 3.05) is 0 Å².